The van der Waals surface area contributed by atoms with E-state index >= 15 is 0 Å². The Morgan fingerprint density at radius 1 is 1.00 bits per heavy atom. The van der Waals surface area contributed by atoms with Crippen LogP contribution in [0.4, 0.5) is 0 Å². The van der Waals surface area contributed by atoms with Gasteiger partial charge in [-0.15, -0.1) is 0 Å². The summed E-state index contributed by atoms with van der Waals surface area (Å²) in [6.07, 6.45) is 1.69. The summed E-state index contributed by atoms with van der Waals surface area (Å²) >= 11 is 0. The largest absolute Gasteiger partial charge is 0.378 e. The van der Waals surface area contributed by atoms with Crippen LogP contribution in [0.15, 0.2) is 60.8 Å². The topological polar surface area (TPSA) is 47.4 Å². The third-order valence-corrected chi connectivity index (χ3v) is 4.69. The summed E-state index contributed by atoms with van der Waals surface area (Å²) in [6, 6.07) is 18.0. The van der Waals surface area contributed by atoms with Gasteiger partial charge >= 0.3 is 0 Å². The number of carbonyl (C=O) groups is 1. The Labute approximate surface area is 152 Å². The van der Waals surface area contributed by atoms with Crippen LogP contribution in [0.25, 0.3) is 16.9 Å². The fourth-order valence-electron chi connectivity index (χ4n) is 3.30. The molecular weight excluding hydrogens is 326 g/mol. The summed E-state index contributed by atoms with van der Waals surface area (Å²) in [7, 11) is 0. The number of ether oxygens (including phenoxy) is 1. The number of carbonyl (C=O) groups excluding carboxylic acids is 1. The zero-order valence-corrected chi connectivity index (χ0v) is 14.8. The highest BCUT2D eigenvalue weighted by Gasteiger charge is 2.25. The van der Waals surface area contributed by atoms with Gasteiger partial charge in [-0.25, -0.2) is 4.68 Å². The van der Waals surface area contributed by atoms with Crippen LogP contribution in [-0.4, -0.2) is 46.9 Å². The van der Waals surface area contributed by atoms with Crippen molar-refractivity contribution in [3.05, 3.63) is 71.9 Å². The maximum atomic E-state index is 13.1. The van der Waals surface area contributed by atoms with Gasteiger partial charge in [0.05, 0.1) is 36.4 Å². The molecule has 1 aliphatic heterocycles. The van der Waals surface area contributed by atoms with Crippen molar-refractivity contribution in [1.29, 1.82) is 0 Å². The predicted octanol–water partition coefficient (Wildman–Crippen LogP) is 3.32. The van der Waals surface area contributed by atoms with Crippen molar-refractivity contribution in [3.8, 4) is 16.9 Å². The number of hydrogen-bond donors (Lipinski definition) is 0. The second-order valence-electron chi connectivity index (χ2n) is 6.38. The van der Waals surface area contributed by atoms with Gasteiger partial charge in [-0.05, 0) is 18.6 Å². The van der Waals surface area contributed by atoms with E-state index in [9.17, 15) is 4.79 Å². The van der Waals surface area contributed by atoms with Gasteiger partial charge in [0, 0.05) is 18.7 Å². The fourth-order valence-corrected chi connectivity index (χ4v) is 3.30. The number of hydrogen-bond acceptors (Lipinski definition) is 3. The highest BCUT2D eigenvalue weighted by molar-refractivity contribution is 6.00. The molecule has 132 valence electrons. The van der Waals surface area contributed by atoms with Gasteiger partial charge in [-0.2, -0.15) is 5.10 Å². The third kappa shape index (κ3) is 3.02. The molecule has 1 amide bonds. The molecule has 0 spiro atoms. The van der Waals surface area contributed by atoms with Crippen LogP contribution in [-0.2, 0) is 4.74 Å². The van der Waals surface area contributed by atoms with Crippen LogP contribution in [0.1, 0.15) is 15.9 Å². The van der Waals surface area contributed by atoms with Crippen molar-refractivity contribution in [1.82, 2.24) is 14.7 Å². The molecule has 0 aliphatic carbocycles. The molecule has 0 radical (unpaired) electrons. The lowest BCUT2D eigenvalue weighted by Gasteiger charge is -2.27. The summed E-state index contributed by atoms with van der Waals surface area (Å²) in [6.45, 7) is 4.44. The van der Waals surface area contributed by atoms with Crippen molar-refractivity contribution in [3.63, 3.8) is 0 Å². The summed E-state index contributed by atoms with van der Waals surface area (Å²) in [5.41, 5.74) is 4.52. The van der Waals surface area contributed by atoms with Crippen LogP contribution in [0.3, 0.4) is 0 Å². The molecule has 26 heavy (non-hydrogen) atoms. The molecule has 1 aliphatic rings. The average Bonchev–Trinajstić information content (AvgIpc) is 3.14. The van der Waals surface area contributed by atoms with Crippen LogP contribution >= 0.6 is 0 Å². The minimum absolute atomic E-state index is 0.00647. The van der Waals surface area contributed by atoms with E-state index in [0.717, 1.165) is 22.5 Å². The first kappa shape index (κ1) is 16.5. The molecule has 5 heteroatoms. The molecule has 2 heterocycles. The quantitative estimate of drug-likeness (QED) is 0.730. The van der Waals surface area contributed by atoms with E-state index in [0.29, 0.717) is 31.9 Å². The zero-order chi connectivity index (χ0) is 17.9. The molecule has 1 fully saturated rings. The van der Waals surface area contributed by atoms with E-state index in [1.165, 1.54) is 0 Å². The van der Waals surface area contributed by atoms with Gasteiger partial charge in [-0.3, -0.25) is 4.79 Å². The highest BCUT2D eigenvalue weighted by atomic mass is 16.5. The molecule has 0 bridgehead atoms. The smallest absolute Gasteiger partial charge is 0.257 e. The minimum atomic E-state index is 0.00647. The van der Waals surface area contributed by atoms with Gasteiger partial charge in [0.25, 0.3) is 5.91 Å². The monoisotopic (exact) mass is 347 g/mol. The molecular formula is C21H21N3O2. The van der Waals surface area contributed by atoms with E-state index in [1.54, 1.807) is 6.20 Å². The van der Waals surface area contributed by atoms with Gasteiger partial charge < -0.3 is 9.64 Å². The maximum absolute atomic E-state index is 13.1. The Kier molecular flexibility index (Phi) is 4.54. The second kappa shape index (κ2) is 7.14. The van der Waals surface area contributed by atoms with E-state index in [1.807, 2.05) is 58.1 Å². The third-order valence-electron chi connectivity index (χ3n) is 4.69. The molecule has 0 atom stereocenters. The molecule has 1 saturated heterocycles. The number of morpholine rings is 1. The molecule has 4 rings (SSSR count). The van der Waals surface area contributed by atoms with Crippen molar-refractivity contribution in [2.24, 2.45) is 0 Å². The van der Waals surface area contributed by atoms with Crippen LogP contribution in [0, 0.1) is 6.92 Å². The fraction of sp³-hybridized carbons (Fsp3) is 0.238. The molecule has 0 unspecified atom stereocenters. The lowest BCUT2D eigenvalue weighted by molar-refractivity contribution is 0.0303. The Morgan fingerprint density at radius 2 is 1.69 bits per heavy atom. The molecule has 0 saturated carbocycles. The number of para-hydroxylation sites is 1. The molecule has 1 aromatic heterocycles. The van der Waals surface area contributed by atoms with Gasteiger partial charge in [0.1, 0.15) is 0 Å². The summed E-state index contributed by atoms with van der Waals surface area (Å²) in [5, 5.41) is 4.58. The summed E-state index contributed by atoms with van der Waals surface area (Å²) in [4.78, 5) is 15.0. The van der Waals surface area contributed by atoms with Crippen molar-refractivity contribution >= 4 is 5.91 Å². The normalized spacial score (nSPS) is 14.4. The number of aryl methyl sites for hydroxylation is 1. The van der Waals surface area contributed by atoms with Gasteiger partial charge in [0.2, 0.25) is 0 Å². The lowest BCUT2D eigenvalue weighted by Crippen LogP contribution is -2.40. The maximum Gasteiger partial charge on any atom is 0.257 e. The number of benzene rings is 2. The summed E-state index contributed by atoms with van der Waals surface area (Å²) < 4.78 is 7.25. The van der Waals surface area contributed by atoms with E-state index in [2.05, 4.69) is 18.1 Å². The molecule has 2 aromatic carbocycles. The minimum Gasteiger partial charge on any atom is -0.378 e. The lowest BCUT2D eigenvalue weighted by atomic mass is 10.1. The Balaban J connectivity index is 1.85. The first-order chi connectivity index (χ1) is 12.8. The zero-order valence-electron chi connectivity index (χ0n) is 14.8. The Morgan fingerprint density at radius 3 is 2.42 bits per heavy atom. The Bertz CT molecular complexity index is 912. The number of nitrogens with zero attached hydrogens (tertiary/aromatic N) is 3. The van der Waals surface area contributed by atoms with Crippen LogP contribution in [0.2, 0.25) is 0 Å². The predicted molar refractivity (Wildman–Crippen MR) is 100 cm³/mol. The first-order valence-corrected chi connectivity index (χ1v) is 8.82. The second-order valence-corrected chi connectivity index (χ2v) is 6.38. The first-order valence-electron chi connectivity index (χ1n) is 8.82. The average molecular weight is 347 g/mol. The molecule has 3 aromatic rings. The standard InChI is InChI=1S/C21H21N3O2/c1-16-7-5-6-10-19(16)24-20(17-8-3-2-4-9-17)18(15-22-24)21(25)23-11-13-26-14-12-23/h2-10,15H,11-14H2,1H3. The van der Waals surface area contributed by atoms with Crippen molar-refractivity contribution < 1.29 is 9.53 Å². The van der Waals surface area contributed by atoms with Crippen molar-refractivity contribution in [2.45, 2.75) is 6.92 Å². The van der Waals surface area contributed by atoms with Crippen molar-refractivity contribution in [2.75, 3.05) is 26.3 Å². The molecule has 0 N–H and O–H groups in total. The van der Waals surface area contributed by atoms with E-state index < -0.39 is 0 Å². The number of rotatable bonds is 3. The van der Waals surface area contributed by atoms with Gasteiger partial charge in [-0.1, -0.05) is 48.5 Å². The summed E-state index contributed by atoms with van der Waals surface area (Å²) in [5.74, 6) is 0.00647. The number of amides is 1. The van der Waals surface area contributed by atoms with E-state index in [-0.39, 0.29) is 5.91 Å². The number of aromatic nitrogens is 2. The van der Waals surface area contributed by atoms with Gasteiger partial charge in [0.15, 0.2) is 0 Å². The van der Waals surface area contributed by atoms with Crippen LogP contribution in [0.5, 0.6) is 0 Å². The van der Waals surface area contributed by atoms with E-state index in [4.69, 9.17) is 4.74 Å². The van der Waals surface area contributed by atoms with Crippen LogP contribution < -0.4 is 0 Å². The SMILES string of the molecule is Cc1ccccc1-n1ncc(C(=O)N2CCOCC2)c1-c1ccccc1. The highest BCUT2D eigenvalue weighted by Crippen LogP contribution is 2.29. The Hall–Kier alpha value is -2.92. The molecule has 5 nitrogen and oxygen atoms in total.